The number of alkyl halides is 2. The monoisotopic (exact) mass is 285 g/mol. The first-order valence-electron chi connectivity index (χ1n) is 6.36. The zero-order valence-electron chi connectivity index (χ0n) is 11.3. The summed E-state index contributed by atoms with van der Waals surface area (Å²) in [6.45, 7) is 2.07. The van der Waals surface area contributed by atoms with Crippen LogP contribution in [0.5, 0.6) is 5.75 Å². The lowest BCUT2D eigenvalue weighted by molar-refractivity contribution is -0.141. The quantitative estimate of drug-likeness (QED) is 0.893. The number of carboxylic acid groups (broad SMARTS) is 1. The third-order valence-corrected chi connectivity index (χ3v) is 3.59. The second kappa shape index (κ2) is 5.75. The summed E-state index contributed by atoms with van der Waals surface area (Å²) in [7, 11) is 1.35. The van der Waals surface area contributed by atoms with Gasteiger partial charge < -0.3 is 15.2 Å². The number of aliphatic carboxylic acids is 1. The van der Waals surface area contributed by atoms with E-state index in [4.69, 9.17) is 9.84 Å². The number of rotatable bonds is 4. The van der Waals surface area contributed by atoms with E-state index in [1.165, 1.54) is 13.2 Å². The van der Waals surface area contributed by atoms with Gasteiger partial charge in [-0.05, 0) is 19.4 Å². The average molecular weight is 285 g/mol. The molecule has 110 valence electrons. The maximum absolute atomic E-state index is 13.1. The Hall–Kier alpha value is -1.69. The van der Waals surface area contributed by atoms with Crippen molar-refractivity contribution in [2.75, 3.05) is 13.7 Å². The number of carbonyl (C=O) groups is 1. The lowest BCUT2D eigenvalue weighted by Crippen LogP contribution is -2.17. The molecule has 1 fully saturated rings. The van der Waals surface area contributed by atoms with Crippen molar-refractivity contribution >= 4 is 5.97 Å². The average Bonchev–Trinajstić information content (AvgIpc) is 2.87. The fourth-order valence-corrected chi connectivity index (χ4v) is 2.65. The zero-order valence-corrected chi connectivity index (χ0v) is 11.3. The first-order valence-corrected chi connectivity index (χ1v) is 6.36. The van der Waals surface area contributed by atoms with Gasteiger partial charge in [0.2, 0.25) is 0 Å². The Bertz CT molecular complexity index is 519. The van der Waals surface area contributed by atoms with Crippen LogP contribution < -0.4 is 10.1 Å². The minimum absolute atomic E-state index is 0.147. The van der Waals surface area contributed by atoms with Gasteiger partial charge in [-0.1, -0.05) is 11.6 Å². The number of nitrogens with one attached hydrogen (secondary N) is 1. The van der Waals surface area contributed by atoms with Crippen molar-refractivity contribution in [2.45, 2.75) is 25.8 Å². The Morgan fingerprint density at radius 3 is 2.70 bits per heavy atom. The molecule has 0 spiro atoms. The van der Waals surface area contributed by atoms with Crippen LogP contribution >= 0.6 is 0 Å². The number of carboxylic acids is 1. The van der Waals surface area contributed by atoms with Gasteiger partial charge in [0.05, 0.1) is 18.6 Å². The molecule has 0 amide bonds. The van der Waals surface area contributed by atoms with Crippen LogP contribution in [-0.4, -0.2) is 24.7 Å². The van der Waals surface area contributed by atoms with Crippen LogP contribution in [0.15, 0.2) is 12.1 Å². The van der Waals surface area contributed by atoms with Crippen molar-refractivity contribution in [1.82, 2.24) is 5.32 Å². The van der Waals surface area contributed by atoms with Crippen molar-refractivity contribution in [3.05, 3.63) is 28.8 Å². The highest BCUT2D eigenvalue weighted by molar-refractivity contribution is 5.71. The van der Waals surface area contributed by atoms with Crippen LogP contribution in [0.25, 0.3) is 0 Å². The smallest absolute Gasteiger partial charge is 0.307 e. The second-order valence-electron chi connectivity index (χ2n) is 5.01. The molecule has 1 aromatic rings. The summed E-state index contributed by atoms with van der Waals surface area (Å²) in [5, 5.41) is 12.1. The molecule has 20 heavy (non-hydrogen) atoms. The SMILES string of the molecule is COc1c(C(F)F)cc(C)cc1C1CC(C(=O)O)CN1. The van der Waals surface area contributed by atoms with Crippen LogP contribution in [0.4, 0.5) is 8.78 Å². The normalized spacial score (nSPS) is 22.2. The molecule has 0 saturated carbocycles. The van der Waals surface area contributed by atoms with Crippen LogP contribution in [0.3, 0.4) is 0 Å². The molecule has 1 aliphatic rings. The lowest BCUT2D eigenvalue weighted by atomic mass is 9.95. The van der Waals surface area contributed by atoms with Crippen molar-refractivity contribution < 1.29 is 23.4 Å². The van der Waals surface area contributed by atoms with Crippen LogP contribution in [-0.2, 0) is 4.79 Å². The van der Waals surface area contributed by atoms with Gasteiger partial charge in [0.15, 0.2) is 0 Å². The van der Waals surface area contributed by atoms with Gasteiger partial charge in [-0.3, -0.25) is 4.79 Å². The van der Waals surface area contributed by atoms with Gasteiger partial charge in [0.25, 0.3) is 6.43 Å². The van der Waals surface area contributed by atoms with E-state index in [2.05, 4.69) is 5.32 Å². The Kier molecular flexibility index (Phi) is 4.23. The van der Waals surface area contributed by atoms with Crippen molar-refractivity contribution in [3.8, 4) is 5.75 Å². The van der Waals surface area contributed by atoms with Gasteiger partial charge in [-0.15, -0.1) is 0 Å². The summed E-state index contributed by atoms with van der Waals surface area (Å²) in [4.78, 5) is 11.0. The first kappa shape index (κ1) is 14.7. The van der Waals surface area contributed by atoms with E-state index >= 15 is 0 Å². The van der Waals surface area contributed by atoms with Crippen molar-refractivity contribution in [3.63, 3.8) is 0 Å². The summed E-state index contributed by atoms with van der Waals surface area (Å²) >= 11 is 0. The maximum Gasteiger partial charge on any atom is 0.307 e. The highest BCUT2D eigenvalue weighted by atomic mass is 19.3. The van der Waals surface area contributed by atoms with E-state index in [-0.39, 0.29) is 17.4 Å². The van der Waals surface area contributed by atoms with Gasteiger partial charge >= 0.3 is 5.97 Å². The van der Waals surface area contributed by atoms with Gasteiger partial charge in [-0.25, -0.2) is 8.78 Å². The van der Waals surface area contributed by atoms with Gasteiger partial charge in [0, 0.05) is 18.2 Å². The fraction of sp³-hybridized carbons (Fsp3) is 0.500. The maximum atomic E-state index is 13.1. The number of aryl methyl sites for hydroxylation is 1. The van der Waals surface area contributed by atoms with E-state index in [9.17, 15) is 13.6 Å². The molecule has 2 atom stereocenters. The topological polar surface area (TPSA) is 58.6 Å². The van der Waals surface area contributed by atoms with Gasteiger partial charge in [-0.2, -0.15) is 0 Å². The lowest BCUT2D eigenvalue weighted by Gasteiger charge is -2.19. The molecule has 0 aliphatic carbocycles. The molecule has 1 heterocycles. The molecule has 4 nitrogen and oxygen atoms in total. The minimum atomic E-state index is -2.62. The molecule has 0 radical (unpaired) electrons. The summed E-state index contributed by atoms with van der Waals surface area (Å²) in [5.41, 5.74) is 1.16. The summed E-state index contributed by atoms with van der Waals surface area (Å²) in [5.74, 6) is -1.23. The van der Waals surface area contributed by atoms with E-state index in [0.717, 1.165) is 0 Å². The van der Waals surface area contributed by atoms with Crippen molar-refractivity contribution in [2.24, 2.45) is 5.92 Å². The Morgan fingerprint density at radius 1 is 1.50 bits per heavy atom. The number of hydrogen-bond acceptors (Lipinski definition) is 3. The van der Waals surface area contributed by atoms with Crippen molar-refractivity contribution in [1.29, 1.82) is 0 Å². The number of hydrogen-bond donors (Lipinski definition) is 2. The summed E-state index contributed by atoms with van der Waals surface area (Å²) in [6, 6.07) is 2.90. The molecule has 1 aromatic carbocycles. The predicted octanol–water partition coefficient (Wildman–Crippen LogP) is 2.68. The zero-order chi connectivity index (χ0) is 14.9. The number of halogens is 2. The molecule has 2 N–H and O–H groups in total. The third kappa shape index (κ3) is 2.75. The molecular formula is C14H17F2NO3. The highest BCUT2D eigenvalue weighted by Crippen LogP contribution is 2.39. The molecule has 2 rings (SSSR count). The molecular weight excluding hydrogens is 268 g/mol. The summed E-state index contributed by atoms with van der Waals surface area (Å²) in [6.07, 6.45) is -2.25. The van der Waals surface area contributed by atoms with Crippen LogP contribution in [0.1, 0.15) is 35.6 Å². The molecule has 2 unspecified atom stereocenters. The minimum Gasteiger partial charge on any atom is -0.496 e. The number of ether oxygens (including phenoxy) is 1. The van der Waals surface area contributed by atoms with Crippen LogP contribution in [0, 0.1) is 12.8 Å². The Morgan fingerprint density at radius 2 is 2.20 bits per heavy atom. The standard InChI is InChI=1S/C14H17F2NO3/c1-7-3-9(11-5-8(6-17-11)14(18)19)12(20-2)10(4-7)13(15)16/h3-4,8,11,13,17H,5-6H2,1-2H3,(H,18,19). The van der Waals surface area contributed by atoms with E-state index < -0.39 is 18.3 Å². The molecule has 0 aromatic heterocycles. The van der Waals surface area contributed by atoms with E-state index in [1.807, 2.05) is 0 Å². The molecule has 0 bridgehead atoms. The first-order chi connectivity index (χ1) is 9.43. The number of methoxy groups -OCH3 is 1. The van der Waals surface area contributed by atoms with Gasteiger partial charge in [0.1, 0.15) is 5.75 Å². The highest BCUT2D eigenvalue weighted by Gasteiger charge is 2.33. The second-order valence-corrected chi connectivity index (χ2v) is 5.01. The largest absolute Gasteiger partial charge is 0.496 e. The molecule has 1 saturated heterocycles. The summed E-state index contributed by atoms with van der Waals surface area (Å²) < 4.78 is 31.3. The molecule has 1 aliphatic heterocycles. The fourth-order valence-electron chi connectivity index (χ4n) is 2.65. The predicted molar refractivity (Wildman–Crippen MR) is 69.2 cm³/mol. The Balaban J connectivity index is 2.39. The molecule has 6 heteroatoms. The Labute approximate surface area is 115 Å². The van der Waals surface area contributed by atoms with E-state index in [0.29, 0.717) is 24.1 Å². The van der Waals surface area contributed by atoms with Crippen LogP contribution in [0.2, 0.25) is 0 Å². The van der Waals surface area contributed by atoms with E-state index in [1.54, 1.807) is 13.0 Å². The third-order valence-electron chi connectivity index (χ3n) is 3.59. The number of benzene rings is 1.